The number of fused-ring (bicyclic) bond motifs is 1. The van der Waals surface area contributed by atoms with Gasteiger partial charge in [-0.1, -0.05) is 31.5 Å². The second-order valence-corrected chi connectivity index (χ2v) is 7.97. The molecule has 0 spiro atoms. The lowest BCUT2D eigenvalue weighted by Gasteiger charge is -2.38. The Morgan fingerprint density at radius 2 is 2.04 bits per heavy atom. The fourth-order valence-corrected chi connectivity index (χ4v) is 4.35. The Hall–Kier alpha value is -1.79. The lowest BCUT2D eigenvalue weighted by Crippen LogP contribution is -2.55. The van der Waals surface area contributed by atoms with Crippen molar-refractivity contribution in [2.75, 3.05) is 37.6 Å². The molecule has 3 rings (SSSR count). The first-order valence-corrected chi connectivity index (χ1v) is 8.90. The van der Waals surface area contributed by atoms with Gasteiger partial charge in [-0.25, -0.2) is 4.79 Å². The van der Waals surface area contributed by atoms with Crippen molar-refractivity contribution in [2.45, 2.75) is 32.2 Å². The third kappa shape index (κ3) is 3.33. The predicted molar refractivity (Wildman–Crippen MR) is 97.5 cm³/mol. The van der Waals surface area contributed by atoms with Crippen molar-refractivity contribution in [3.05, 3.63) is 28.8 Å². The molecule has 1 fully saturated rings. The highest BCUT2D eigenvalue weighted by molar-refractivity contribution is 6.32. The van der Waals surface area contributed by atoms with Gasteiger partial charge in [-0.15, -0.1) is 0 Å². The van der Waals surface area contributed by atoms with Crippen LogP contribution in [0.3, 0.4) is 0 Å². The Morgan fingerprint density at radius 3 is 2.68 bits per heavy atom. The van der Waals surface area contributed by atoms with Crippen molar-refractivity contribution in [3.8, 4) is 0 Å². The highest BCUT2D eigenvalue weighted by Gasteiger charge is 2.40. The fourth-order valence-electron chi connectivity index (χ4n) is 3.93. The summed E-state index contributed by atoms with van der Waals surface area (Å²) in [6.45, 7) is 8.53. The lowest BCUT2D eigenvalue weighted by molar-refractivity contribution is -0.120. The van der Waals surface area contributed by atoms with Gasteiger partial charge in [0.15, 0.2) is 0 Å². The maximum atomic E-state index is 12.9. The van der Waals surface area contributed by atoms with E-state index in [0.29, 0.717) is 37.7 Å². The summed E-state index contributed by atoms with van der Waals surface area (Å²) in [6, 6.07) is 5.56. The highest BCUT2D eigenvalue weighted by Crippen LogP contribution is 2.44. The van der Waals surface area contributed by atoms with E-state index >= 15 is 0 Å². The van der Waals surface area contributed by atoms with E-state index in [1.807, 2.05) is 34.9 Å². The topological polar surface area (TPSA) is 64.1 Å². The maximum Gasteiger partial charge on any atom is 0.407 e. The van der Waals surface area contributed by atoms with Gasteiger partial charge in [-0.3, -0.25) is 9.69 Å². The van der Waals surface area contributed by atoms with Crippen molar-refractivity contribution >= 4 is 29.3 Å². The van der Waals surface area contributed by atoms with Crippen LogP contribution in [0, 0.1) is 0 Å². The number of benzene rings is 1. The molecule has 6 nitrogen and oxygen atoms in total. The van der Waals surface area contributed by atoms with Crippen molar-refractivity contribution in [3.63, 3.8) is 0 Å². The summed E-state index contributed by atoms with van der Waals surface area (Å²) in [4.78, 5) is 29.3. The van der Waals surface area contributed by atoms with Crippen LogP contribution in [0.5, 0.6) is 0 Å². The van der Waals surface area contributed by atoms with E-state index in [2.05, 4.69) is 13.8 Å². The molecule has 0 aromatic heterocycles. The molecule has 2 heterocycles. The monoisotopic (exact) mass is 365 g/mol. The summed E-state index contributed by atoms with van der Waals surface area (Å²) < 4.78 is 0. The summed E-state index contributed by atoms with van der Waals surface area (Å²) in [6.07, 6.45) is -0.900. The second kappa shape index (κ2) is 6.50. The van der Waals surface area contributed by atoms with E-state index in [1.165, 1.54) is 4.90 Å². The molecule has 1 atom stereocenters. The van der Waals surface area contributed by atoms with E-state index in [0.717, 1.165) is 11.3 Å². The van der Waals surface area contributed by atoms with Crippen LogP contribution in [-0.2, 0) is 10.2 Å². The van der Waals surface area contributed by atoms with Gasteiger partial charge in [-0.05, 0) is 19.1 Å². The number of carbonyl (C=O) groups is 2. The molecule has 7 heteroatoms. The van der Waals surface area contributed by atoms with Gasteiger partial charge in [-0.2, -0.15) is 0 Å². The summed E-state index contributed by atoms with van der Waals surface area (Å²) >= 11 is 6.37. The fraction of sp³-hybridized carbons (Fsp3) is 0.556. The van der Waals surface area contributed by atoms with Gasteiger partial charge in [0, 0.05) is 53.9 Å². The summed E-state index contributed by atoms with van der Waals surface area (Å²) in [5.41, 5.74) is 1.73. The normalized spacial score (nSPS) is 22.8. The number of rotatable bonds is 2. The van der Waals surface area contributed by atoms with Crippen LogP contribution in [0.2, 0.25) is 5.02 Å². The molecule has 0 unspecified atom stereocenters. The van der Waals surface area contributed by atoms with E-state index in [4.69, 9.17) is 16.7 Å². The molecule has 1 aromatic carbocycles. The molecular formula is C18H24ClN3O3. The van der Waals surface area contributed by atoms with E-state index in [-0.39, 0.29) is 17.4 Å². The first-order chi connectivity index (χ1) is 11.7. The first kappa shape index (κ1) is 18.0. The third-order valence-corrected chi connectivity index (χ3v) is 5.44. The van der Waals surface area contributed by atoms with Gasteiger partial charge < -0.3 is 14.9 Å². The average molecular weight is 366 g/mol. The Bertz CT molecular complexity index is 707. The van der Waals surface area contributed by atoms with Crippen molar-refractivity contribution < 1.29 is 14.7 Å². The molecule has 25 heavy (non-hydrogen) atoms. The van der Waals surface area contributed by atoms with Crippen LogP contribution in [0.1, 0.15) is 26.3 Å². The van der Waals surface area contributed by atoms with Gasteiger partial charge in [0.2, 0.25) is 5.91 Å². The van der Waals surface area contributed by atoms with Crippen molar-refractivity contribution in [1.82, 2.24) is 9.80 Å². The molecule has 1 saturated heterocycles. The van der Waals surface area contributed by atoms with Crippen molar-refractivity contribution in [1.29, 1.82) is 0 Å². The number of piperazine rings is 1. The third-order valence-electron chi connectivity index (χ3n) is 5.13. The zero-order valence-electron chi connectivity index (χ0n) is 14.8. The molecule has 0 saturated carbocycles. The van der Waals surface area contributed by atoms with Crippen LogP contribution >= 0.6 is 11.6 Å². The van der Waals surface area contributed by atoms with Crippen LogP contribution in [0.4, 0.5) is 10.5 Å². The van der Waals surface area contributed by atoms with E-state index in [9.17, 15) is 9.59 Å². The molecule has 0 aliphatic carbocycles. The molecule has 2 aliphatic rings. The van der Waals surface area contributed by atoms with Gasteiger partial charge in [0.1, 0.15) is 0 Å². The molecule has 2 amide bonds. The van der Waals surface area contributed by atoms with Gasteiger partial charge in [0.25, 0.3) is 0 Å². The molecule has 136 valence electrons. The van der Waals surface area contributed by atoms with Crippen LogP contribution in [0.15, 0.2) is 18.2 Å². The second-order valence-electron chi connectivity index (χ2n) is 7.56. The first-order valence-electron chi connectivity index (χ1n) is 8.52. The number of hydrogen-bond donors (Lipinski definition) is 1. The maximum absolute atomic E-state index is 12.9. The predicted octanol–water partition coefficient (Wildman–Crippen LogP) is 2.65. The molecular weight excluding hydrogens is 342 g/mol. The SMILES string of the molecule is C[C@@H]1CN(CC(=O)N2CC(C)(C)c3c(Cl)cccc32)CCN1C(=O)O. The lowest BCUT2D eigenvalue weighted by atomic mass is 9.87. The average Bonchev–Trinajstić information content (AvgIpc) is 2.80. The number of hydrogen-bond acceptors (Lipinski definition) is 3. The molecule has 1 N–H and O–H groups in total. The molecule has 0 bridgehead atoms. The number of amides is 2. The van der Waals surface area contributed by atoms with Crippen LogP contribution in [-0.4, -0.2) is 65.7 Å². The van der Waals surface area contributed by atoms with Crippen LogP contribution in [0.25, 0.3) is 0 Å². The minimum absolute atomic E-state index is 0.0325. The number of nitrogens with zero attached hydrogens (tertiary/aromatic N) is 3. The highest BCUT2D eigenvalue weighted by atomic mass is 35.5. The number of halogens is 1. The molecule has 1 aromatic rings. The van der Waals surface area contributed by atoms with Crippen LogP contribution < -0.4 is 4.90 Å². The minimum Gasteiger partial charge on any atom is -0.465 e. The minimum atomic E-state index is -0.900. The summed E-state index contributed by atoms with van der Waals surface area (Å²) in [5, 5.41) is 9.86. The summed E-state index contributed by atoms with van der Waals surface area (Å²) in [5.74, 6) is 0.0325. The standard InChI is InChI=1S/C18H24ClN3O3/c1-12-9-20(7-8-21(12)17(24)25)10-15(23)22-11-18(2,3)16-13(19)5-4-6-14(16)22/h4-6,12H,7-11H2,1-3H3,(H,24,25)/t12-/m1/s1. The Morgan fingerprint density at radius 1 is 1.32 bits per heavy atom. The quantitative estimate of drug-likeness (QED) is 0.875. The smallest absolute Gasteiger partial charge is 0.407 e. The largest absolute Gasteiger partial charge is 0.465 e. The van der Waals surface area contributed by atoms with Gasteiger partial charge in [0.05, 0.1) is 6.54 Å². The van der Waals surface area contributed by atoms with E-state index in [1.54, 1.807) is 0 Å². The Balaban J connectivity index is 1.72. The van der Waals surface area contributed by atoms with Gasteiger partial charge >= 0.3 is 6.09 Å². The molecule has 2 aliphatic heterocycles. The number of carbonyl (C=O) groups excluding carboxylic acids is 1. The van der Waals surface area contributed by atoms with Crippen molar-refractivity contribution in [2.24, 2.45) is 0 Å². The Labute approximate surface area is 152 Å². The Kier molecular flexibility index (Phi) is 4.68. The molecule has 0 radical (unpaired) electrons. The zero-order chi connectivity index (χ0) is 18.4. The number of carboxylic acid groups (broad SMARTS) is 1. The number of anilines is 1. The zero-order valence-corrected chi connectivity index (χ0v) is 15.6. The summed E-state index contributed by atoms with van der Waals surface area (Å²) in [7, 11) is 0. The van der Waals surface area contributed by atoms with E-state index < -0.39 is 6.09 Å².